The second kappa shape index (κ2) is 16.3. The molecule has 4 aromatic carbocycles. The maximum atomic E-state index is 8.49. The SMILES string of the molecule is C1=C(c2ccccc2)C=C(c2ccccc2)S\C1=C/C=C/C=C/c1cc(-c2ccccc2)cc(-c2ccccc2)[s+]1.[O-][Cl+3]([O-])([O-])[O-]. The fourth-order valence-corrected chi connectivity index (χ4v) is 6.71. The van der Waals surface area contributed by atoms with Gasteiger partial charge in [0.25, 0.3) is 0 Å². The molecule has 0 spiro atoms. The zero-order valence-electron chi connectivity index (χ0n) is 24.6. The molecule has 0 aliphatic carbocycles. The summed E-state index contributed by atoms with van der Waals surface area (Å²) in [6.07, 6.45) is 15.4. The number of benzene rings is 4. The first kappa shape index (κ1) is 33.0. The molecule has 1 aromatic heterocycles. The van der Waals surface area contributed by atoms with Crippen LogP contribution in [0.2, 0.25) is 0 Å². The molecule has 0 amide bonds. The van der Waals surface area contributed by atoms with Crippen LogP contribution < -0.4 is 18.6 Å². The molecule has 0 fully saturated rings. The Morgan fingerprint density at radius 3 is 1.63 bits per heavy atom. The van der Waals surface area contributed by atoms with Crippen molar-refractivity contribution in [1.29, 1.82) is 0 Å². The molecule has 0 unspecified atom stereocenters. The third-order valence-electron chi connectivity index (χ3n) is 6.70. The molecule has 0 saturated heterocycles. The fourth-order valence-electron chi connectivity index (χ4n) is 4.66. The van der Waals surface area contributed by atoms with Gasteiger partial charge in [0, 0.05) is 33.6 Å². The standard InChI is InChI=1S/C39H29S2.ClHO4/c1-6-16-30(17-7-1)34-26-36(40-38(28-34)32-20-10-3-11-21-32)24-14-5-15-25-37-27-35(31-18-8-2-9-19-31)29-39(41-37)33-22-12-4-13-23-33;2-1(3,4)5/h1-29H;(H,2,3,4,5)/q+1;/p-1. The second-order valence-electron chi connectivity index (χ2n) is 9.98. The van der Waals surface area contributed by atoms with Crippen molar-refractivity contribution >= 4 is 39.7 Å². The van der Waals surface area contributed by atoms with E-state index in [2.05, 4.69) is 176 Å². The normalized spacial score (nSPS) is 14.1. The first-order chi connectivity index (χ1) is 22.3. The van der Waals surface area contributed by atoms with Crippen molar-refractivity contribution < 1.29 is 28.9 Å². The van der Waals surface area contributed by atoms with Gasteiger partial charge in [0.05, 0.1) is 0 Å². The molecule has 0 N–H and O–H groups in total. The fraction of sp³-hybridized carbons (Fsp3) is 0. The first-order valence-corrected chi connectivity index (χ1v) is 17.2. The third-order valence-corrected chi connectivity index (χ3v) is 8.82. The minimum Gasteiger partial charge on any atom is -0.222 e. The van der Waals surface area contributed by atoms with Crippen molar-refractivity contribution in [3.8, 4) is 21.6 Å². The predicted octanol–water partition coefficient (Wildman–Crippen LogP) is 6.93. The molecular formula is C39H29ClO4S2. The quantitative estimate of drug-likeness (QED) is 0.139. The summed E-state index contributed by atoms with van der Waals surface area (Å²) in [6.45, 7) is 0. The van der Waals surface area contributed by atoms with Gasteiger partial charge in [0.15, 0.2) is 0 Å². The molecule has 1 aliphatic heterocycles. The van der Waals surface area contributed by atoms with E-state index >= 15 is 0 Å². The lowest BCUT2D eigenvalue weighted by atomic mass is 10.0. The second-order valence-corrected chi connectivity index (χ2v) is 13.0. The van der Waals surface area contributed by atoms with Crippen LogP contribution in [0.4, 0.5) is 0 Å². The molecule has 2 heterocycles. The number of halogens is 1. The van der Waals surface area contributed by atoms with Crippen LogP contribution in [0.1, 0.15) is 16.0 Å². The van der Waals surface area contributed by atoms with Gasteiger partial charge in [-0.05, 0) is 58.2 Å². The van der Waals surface area contributed by atoms with Crippen molar-refractivity contribution in [2.75, 3.05) is 0 Å². The largest absolute Gasteiger partial charge is 0.239 e. The van der Waals surface area contributed by atoms with Gasteiger partial charge < -0.3 is 0 Å². The summed E-state index contributed by atoms with van der Waals surface area (Å²) in [5, 5.41) is 0. The van der Waals surface area contributed by atoms with Gasteiger partial charge in [-0.1, -0.05) is 139 Å². The molecule has 6 rings (SSSR count). The van der Waals surface area contributed by atoms with Gasteiger partial charge in [0.2, 0.25) is 21.1 Å². The van der Waals surface area contributed by atoms with E-state index in [9.17, 15) is 0 Å². The number of thioether (sulfide) groups is 1. The molecule has 1 aliphatic rings. The highest BCUT2D eigenvalue weighted by Crippen LogP contribution is 2.42. The summed E-state index contributed by atoms with van der Waals surface area (Å²) in [6, 6.07) is 47.0. The topological polar surface area (TPSA) is 92.2 Å². The van der Waals surface area contributed by atoms with Crippen molar-refractivity contribution in [3.63, 3.8) is 0 Å². The highest BCUT2D eigenvalue weighted by Gasteiger charge is 2.16. The summed E-state index contributed by atoms with van der Waals surface area (Å²) < 4.78 is 34.0. The molecule has 46 heavy (non-hydrogen) atoms. The first-order valence-electron chi connectivity index (χ1n) is 14.3. The van der Waals surface area contributed by atoms with Crippen LogP contribution in [0.25, 0.3) is 38.1 Å². The Bertz CT molecular complexity index is 1820. The average molecular weight is 661 g/mol. The highest BCUT2D eigenvalue weighted by molar-refractivity contribution is 8.12. The van der Waals surface area contributed by atoms with Crippen LogP contribution in [-0.4, -0.2) is 0 Å². The van der Waals surface area contributed by atoms with Crippen molar-refractivity contribution in [3.05, 3.63) is 191 Å². The van der Waals surface area contributed by atoms with Gasteiger partial charge in [0.1, 0.15) is 0 Å². The Balaban J connectivity index is 0.000000775. The third kappa shape index (κ3) is 10.3. The molecule has 0 atom stereocenters. The van der Waals surface area contributed by atoms with E-state index in [1.165, 1.54) is 53.0 Å². The lowest BCUT2D eigenvalue weighted by Gasteiger charge is -2.17. The van der Waals surface area contributed by atoms with Gasteiger partial charge in [-0.25, -0.2) is 18.6 Å². The number of rotatable bonds is 7. The van der Waals surface area contributed by atoms with E-state index in [4.69, 9.17) is 18.6 Å². The van der Waals surface area contributed by atoms with Crippen molar-refractivity contribution in [2.24, 2.45) is 0 Å². The molecule has 0 radical (unpaired) electrons. The number of allylic oxidation sites excluding steroid dienone is 7. The Kier molecular flexibility index (Phi) is 11.7. The van der Waals surface area contributed by atoms with E-state index in [0.717, 1.165) is 0 Å². The summed E-state index contributed by atoms with van der Waals surface area (Å²) in [5.74, 6) is 0. The Labute approximate surface area is 279 Å². The van der Waals surface area contributed by atoms with Crippen molar-refractivity contribution in [2.45, 2.75) is 0 Å². The molecular weight excluding hydrogens is 632 g/mol. The molecule has 7 heteroatoms. The monoisotopic (exact) mass is 660 g/mol. The van der Waals surface area contributed by atoms with Crippen LogP contribution in [-0.2, 0) is 0 Å². The minimum atomic E-state index is -4.94. The Morgan fingerprint density at radius 2 is 1.04 bits per heavy atom. The van der Waals surface area contributed by atoms with Crippen LogP contribution in [0, 0.1) is 10.2 Å². The number of hydrogen-bond acceptors (Lipinski definition) is 5. The molecule has 0 bridgehead atoms. The molecule has 228 valence electrons. The molecule has 5 aromatic rings. The zero-order chi connectivity index (χ0) is 32.2. The lowest BCUT2D eigenvalue weighted by Crippen LogP contribution is -2.68. The van der Waals surface area contributed by atoms with E-state index in [1.807, 2.05) is 23.1 Å². The lowest BCUT2D eigenvalue weighted by molar-refractivity contribution is -2.00. The minimum absolute atomic E-state index is 1.22. The maximum absolute atomic E-state index is 8.49. The van der Waals surface area contributed by atoms with Gasteiger partial charge in [-0.15, -0.1) is 10.2 Å². The van der Waals surface area contributed by atoms with Gasteiger partial charge in [-0.2, -0.15) is 0 Å². The summed E-state index contributed by atoms with van der Waals surface area (Å²) in [4.78, 5) is 4.95. The Morgan fingerprint density at radius 1 is 0.522 bits per heavy atom. The van der Waals surface area contributed by atoms with Crippen molar-refractivity contribution in [1.82, 2.24) is 0 Å². The maximum Gasteiger partial charge on any atom is 0.239 e. The predicted molar refractivity (Wildman–Crippen MR) is 182 cm³/mol. The van der Waals surface area contributed by atoms with Gasteiger partial charge in [-0.3, -0.25) is 0 Å². The summed E-state index contributed by atoms with van der Waals surface area (Å²) in [7, 11) is -4.94. The van der Waals surface area contributed by atoms with Crippen LogP contribution in [0.3, 0.4) is 0 Å². The zero-order valence-corrected chi connectivity index (χ0v) is 27.0. The van der Waals surface area contributed by atoms with Crippen LogP contribution in [0.5, 0.6) is 0 Å². The Hall–Kier alpha value is -4.37. The van der Waals surface area contributed by atoms with E-state index in [1.54, 1.807) is 0 Å². The van der Waals surface area contributed by atoms with E-state index in [-0.39, 0.29) is 0 Å². The molecule has 4 nitrogen and oxygen atoms in total. The average Bonchev–Trinajstić information content (AvgIpc) is 3.09. The summed E-state index contributed by atoms with van der Waals surface area (Å²) >= 11 is 3.62. The van der Waals surface area contributed by atoms with E-state index in [0.29, 0.717) is 0 Å². The highest BCUT2D eigenvalue weighted by atomic mass is 35.7. The smallest absolute Gasteiger partial charge is 0.222 e. The summed E-state index contributed by atoms with van der Waals surface area (Å²) in [5.41, 5.74) is 7.39. The van der Waals surface area contributed by atoms with Crippen LogP contribution >= 0.6 is 23.1 Å². The van der Waals surface area contributed by atoms with Gasteiger partial charge >= 0.3 is 0 Å². The van der Waals surface area contributed by atoms with Crippen LogP contribution in [0.15, 0.2) is 175 Å². The molecule has 0 saturated carbocycles. The number of hydrogen-bond donors (Lipinski definition) is 0. The van der Waals surface area contributed by atoms with E-state index < -0.39 is 10.2 Å².